The van der Waals surface area contributed by atoms with E-state index in [-0.39, 0.29) is 6.42 Å². The number of nitrogens with one attached hydrogen (secondary N) is 2. The zero-order valence-electron chi connectivity index (χ0n) is 6.55. The molecule has 2 heterocycles. The van der Waals surface area contributed by atoms with E-state index in [0.717, 1.165) is 24.5 Å². The number of aromatic nitrogens is 1. The number of aromatic amines is 1. The molecule has 0 saturated carbocycles. The Bertz CT molecular complexity index is 295. The van der Waals surface area contributed by atoms with Crippen LogP contribution in [0.3, 0.4) is 0 Å². The van der Waals surface area contributed by atoms with Crippen molar-refractivity contribution in [3.8, 4) is 0 Å². The zero-order chi connectivity index (χ0) is 8.55. The smallest absolute Gasteiger partial charge is 0.309 e. The van der Waals surface area contributed by atoms with Gasteiger partial charge in [-0.05, 0) is 11.6 Å². The van der Waals surface area contributed by atoms with E-state index < -0.39 is 5.97 Å². The van der Waals surface area contributed by atoms with Crippen molar-refractivity contribution in [1.82, 2.24) is 10.3 Å². The summed E-state index contributed by atoms with van der Waals surface area (Å²) in [4.78, 5) is 13.4. The maximum atomic E-state index is 10.4. The van der Waals surface area contributed by atoms with Crippen LogP contribution in [0, 0.1) is 0 Å². The van der Waals surface area contributed by atoms with Crippen LogP contribution in [0.5, 0.6) is 0 Å². The summed E-state index contributed by atoms with van der Waals surface area (Å²) in [5.41, 5.74) is 3.13. The van der Waals surface area contributed by atoms with Crippen LogP contribution in [0.15, 0.2) is 6.07 Å². The molecule has 1 aliphatic heterocycles. The van der Waals surface area contributed by atoms with Crippen molar-refractivity contribution < 1.29 is 9.90 Å². The average molecular weight is 166 g/mol. The Balaban J connectivity index is 2.20. The molecule has 1 aromatic heterocycles. The van der Waals surface area contributed by atoms with Gasteiger partial charge in [0, 0.05) is 24.5 Å². The van der Waals surface area contributed by atoms with Gasteiger partial charge >= 0.3 is 5.97 Å². The molecule has 0 amide bonds. The summed E-state index contributed by atoms with van der Waals surface area (Å²) in [5, 5.41) is 11.7. The highest BCUT2D eigenvalue weighted by Gasteiger charge is 2.14. The minimum absolute atomic E-state index is 0.0903. The van der Waals surface area contributed by atoms with Crippen LogP contribution in [0.4, 0.5) is 0 Å². The van der Waals surface area contributed by atoms with Gasteiger partial charge in [0.2, 0.25) is 0 Å². The molecule has 0 fully saturated rings. The lowest BCUT2D eigenvalue weighted by Gasteiger charge is -1.92. The summed E-state index contributed by atoms with van der Waals surface area (Å²) in [6, 6.07) is 1.92. The maximum absolute atomic E-state index is 10.4. The molecular formula is C8H10N2O2. The summed E-state index contributed by atoms with van der Waals surface area (Å²) < 4.78 is 0. The van der Waals surface area contributed by atoms with Gasteiger partial charge in [0.1, 0.15) is 0 Å². The highest BCUT2D eigenvalue weighted by atomic mass is 16.4. The normalized spacial score (nSPS) is 14.7. The molecule has 0 saturated heterocycles. The highest BCUT2D eigenvalue weighted by molar-refractivity contribution is 5.69. The van der Waals surface area contributed by atoms with Crippen molar-refractivity contribution in [3.63, 3.8) is 0 Å². The molecule has 0 radical (unpaired) electrons. The van der Waals surface area contributed by atoms with Crippen molar-refractivity contribution in [3.05, 3.63) is 23.0 Å². The monoisotopic (exact) mass is 166 g/mol. The van der Waals surface area contributed by atoms with Gasteiger partial charge in [0.15, 0.2) is 0 Å². The second-order valence-corrected chi connectivity index (χ2v) is 2.97. The number of H-pyrrole nitrogens is 1. The summed E-state index contributed by atoms with van der Waals surface area (Å²) >= 11 is 0. The Morgan fingerprint density at radius 1 is 1.58 bits per heavy atom. The number of carboxylic acids is 1. The van der Waals surface area contributed by atoms with Crippen LogP contribution in [-0.2, 0) is 24.3 Å². The molecule has 1 aliphatic rings. The van der Waals surface area contributed by atoms with E-state index >= 15 is 0 Å². The van der Waals surface area contributed by atoms with Crippen molar-refractivity contribution in [1.29, 1.82) is 0 Å². The van der Waals surface area contributed by atoms with Crippen molar-refractivity contribution in [2.24, 2.45) is 0 Å². The van der Waals surface area contributed by atoms with Gasteiger partial charge in [-0.15, -0.1) is 0 Å². The average Bonchev–Trinajstić information content (AvgIpc) is 2.43. The van der Waals surface area contributed by atoms with Crippen molar-refractivity contribution in [2.45, 2.75) is 19.5 Å². The fourth-order valence-corrected chi connectivity index (χ4v) is 1.50. The molecule has 2 rings (SSSR count). The summed E-state index contributed by atoms with van der Waals surface area (Å²) in [7, 11) is 0. The quantitative estimate of drug-likeness (QED) is 0.589. The van der Waals surface area contributed by atoms with E-state index in [4.69, 9.17) is 5.11 Å². The number of rotatable bonds is 2. The van der Waals surface area contributed by atoms with Crippen LogP contribution in [0.2, 0.25) is 0 Å². The topological polar surface area (TPSA) is 65.1 Å². The molecule has 0 bridgehead atoms. The second-order valence-electron chi connectivity index (χ2n) is 2.97. The molecule has 0 atom stereocenters. The fourth-order valence-electron chi connectivity index (χ4n) is 1.50. The number of carbonyl (C=O) groups is 1. The predicted octanol–water partition coefficient (Wildman–Crippen LogP) is 0.245. The lowest BCUT2D eigenvalue weighted by Crippen LogP contribution is -2.04. The maximum Gasteiger partial charge on any atom is 0.309 e. The van der Waals surface area contributed by atoms with Gasteiger partial charge in [-0.2, -0.15) is 0 Å². The van der Waals surface area contributed by atoms with Gasteiger partial charge < -0.3 is 15.4 Å². The largest absolute Gasteiger partial charge is 0.481 e. The summed E-state index contributed by atoms with van der Waals surface area (Å²) in [6.45, 7) is 1.68. The van der Waals surface area contributed by atoms with Gasteiger partial charge in [-0.3, -0.25) is 4.79 Å². The number of aliphatic carboxylic acids is 1. The fraction of sp³-hybridized carbons (Fsp3) is 0.375. The molecule has 0 spiro atoms. The van der Waals surface area contributed by atoms with Crippen molar-refractivity contribution in [2.75, 3.05) is 0 Å². The summed E-state index contributed by atoms with van der Waals surface area (Å²) in [5.74, 6) is -0.789. The lowest BCUT2D eigenvalue weighted by atomic mass is 10.2. The van der Waals surface area contributed by atoms with Gasteiger partial charge in [0.25, 0.3) is 0 Å². The summed E-state index contributed by atoms with van der Waals surface area (Å²) in [6.07, 6.45) is 0.0903. The first kappa shape index (κ1) is 7.36. The molecule has 0 aliphatic carbocycles. The first-order valence-electron chi connectivity index (χ1n) is 3.88. The van der Waals surface area contributed by atoms with Crippen LogP contribution in [0.1, 0.15) is 17.0 Å². The third-order valence-corrected chi connectivity index (χ3v) is 2.01. The van der Waals surface area contributed by atoms with Crippen molar-refractivity contribution >= 4 is 5.97 Å². The van der Waals surface area contributed by atoms with E-state index in [9.17, 15) is 4.79 Å². The lowest BCUT2D eigenvalue weighted by molar-refractivity contribution is -0.136. The Hall–Kier alpha value is -1.29. The molecular weight excluding hydrogens is 156 g/mol. The molecule has 0 unspecified atom stereocenters. The minimum atomic E-state index is -0.789. The molecule has 12 heavy (non-hydrogen) atoms. The standard InChI is InChI=1S/C8H10N2O2/c11-8(12)2-6-1-5-3-9-4-7(5)10-6/h1,9-10H,2-4H2,(H,11,12). The predicted molar refractivity (Wildman–Crippen MR) is 42.7 cm³/mol. The Kier molecular flexibility index (Phi) is 1.62. The van der Waals surface area contributed by atoms with E-state index in [1.807, 2.05) is 6.07 Å². The van der Waals surface area contributed by atoms with Crippen LogP contribution < -0.4 is 5.32 Å². The minimum Gasteiger partial charge on any atom is -0.481 e. The molecule has 1 aromatic rings. The van der Waals surface area contributed by atoms with E-state index in [0.29, 0.717) is 0 Å². The number of carboxylic acid groups (broad SMARTS) is 1. The number of hydrogen-bond donors (Lipinski definition) is 3. The first-order valence-corrected chi connectivity index (χ1v) is 3.88. The van der Waals surface area contributed by atoms with E-state index in [2.05, 4.69) is 10.3 Å². The van der Waals surface area contributed by atoms with Crippen LogP contribution >= 0.6 is 0 Å². The SMILES string of the molecule is O=C(O)Cc1cc2c([nH]1)CNC2. The zero-order valence-corrected chi connectivity index (χ0v) is 6.55. The molecule has 64 valence electrons. The molecule has 3 N–H and O–H groups in total. The van der Waals surface area contributed by atoms with Crippen LogP contribution in [0.25, 0.3) is 0 Å². The molecule has 4 nitrogen and oxygen atoms in total. The Morgan fingerprint density at radius 2 is 2.42 bits per heavy atom. The van der Waals surface area contributed by atoms with Gasteiger partial charge in [-0.1, -0.05) is 0 Å². The highest BCUT2D eigenvalue weighted by Crippen LogP contribution is 2.16. The first-order chi connectivity index (χ1) is 5.75. The Labute approximate surface area is 69.6 Å². The third-order valence-electron chi connectivity index (χ3n) is 2.01. The molecule has 4 heteroatoms. The number of fused-ring (bicyclic) bond motifs is 1. The molecule has 0 aromatic carbocycles. The van der Waals surface area contributed by atoms with E-state index in [1.54, 1.807) is 0 Å². The van der Waals surface area contributed by atoms with E-state index in [1.165, 1.54) is 5.56 Å². The third kappa shape index (κ3) is 1.21. The second kappa shape index (κ2) is 2.64. The van der Waals surface area contributed by atoms with Gasteiger partial charge in [0.05, 0.1) is 6.42 Å². The van der Waals surface area contributed by atoms with Gasteiger partial charge in [-0.25, -0.2) is 0 Å². The number of hydrogen-bond acceptors (Lipinski definition) is 2. The Morgan fingerprint density at radius 3 is 3.08 bits per heavy atom. The van der Waals surface area contributed by atoms with Crippen LogP contribution in [-0.4, -0.2) is 16.1 Å².